The van der Waals surface area contributed by atoms with Crippen LogP contribution in [0.1, 0.15) is 0 Å². The number of methoxy groups -OCH3 is 1. The fraction of sp³-hybridized carbons (Fsp3) is 0.235. The number of para-hydroxylation sites is 2. The summed E-state index contributed by atoms with van der Waals surface area (Å²) in [6, 6.07) is 13.0. The predicted octanol–water partition coefficient (Wildman–Crippen LogP) is 1.55. The quantitative estimate of drug-likeness (QED) is 0.392. The van der Waals surface area contributed by atoms with Crippen LogP contribution in [0.5, 0.6) is 0 Å². The van der Waals surface area contributed by atoms with Crippen molar-refractivity contribution in [2.24, 2.45) is 0 Å². The fourth-order valence-corrected chi connectivity index (χ4v) is 3.91. The second-order valence-electron chi connectivity index (χ2n) is 5.41. The van der Waals surface area contributed by atoms with E-state index in [1.807, 2.05) is 0 Å². The number of nitrogens with zero attached hydrogens (tertiary/aromatic N) is 2. The van der Waals surface area contributed by atoms with Crippen molar-refractivity contribution in [2.75, 3.05) is 31.1 Å². The first-order valence-corrected chi connectivity index (χ1v) is 9.38. The van der Waals surface area contributed by atoms with E-state index in [-0.39, 0.29) is 18.8 Å². The summed E-state index contributed by atoms with van der Waals surface area (Å²) in [5, 5.41) is 13.8. The van der Waals surface area contributed by atoms with Gasteiger partial charge in [0, 0.05) is 19.7 Å². The zero-order chi connectivity index (χ0) is 19.9. The highest BCUT2D eigenvalue weighted by molar-refractivity contribution is 7.93. The Morgan fingerprint density at radius 2 is 1.78 bits per heavy atom. The number of hydrogen-bond acceptors (Lipinski definition) is 6. The van der Waals surface area contributed by atoms with Crippen LogP contribution in [-0.2, 0) is 19.6 Å². The summed E-state index contributed by atoms with van der Waals surface area (Å²) in [5.74, 6) is -0.557. The summed E-state index contributed by atoms with van der Waals surface area (Å²) >= 11 is 0. The molecule has 2 aromatic rings. The lowest BCUT2D eigenvalue weighted by molar-refractivity contribution is -0.387. The third-order valence-electron chi connectivity index (χ3n) is 3.59. The molecular weight excluding hydrogens is 374 g/mol. The lowest BCUT2D eigenvalue weighted by Gasteiger charge is -2.23. The number of nitro groups is 1. The average Bonchev–Trinajstić information content (AvgIpc) is 2.67. The molecule has 0 spiro atoms. The molecule has 0 atom stereocenters. The molecule has 0 aliphatic heterocycles. The summed E-state index contributed by atoms with van der Waals surface area (Å²) in [5.41, 5.74) is -0.337. The first-order valence-electron chi connectivity index (χ1n) is 7.94. The van der Waals surface area contributed by atoms with Crippen molar-refractivity contribution in [3.63, 3.8) is 0 Å². The SMILES string of the molecule is COCCNC(=O)CN(c1ccccc1)S(=O)(=O)c1ccccc1[N+](=O)[O-]. The van der Waals surface area contributed by atoms with Crippen molar-refractivity contribution in [1.29, 1.82) is 0 Å². The van der Waals surface area contributed by atoms with Crippen molar-refractivity contribution in [3.05, 3.63) is 64.7 Å². The molecule has 10 heteroatoms. The van der Waals surface area contributed by atoms with Gasteiger partial charge in [-0.15, -0.1) is 0 Å². The molecule has 2 aromatic carbocycles. The summed E-state index contributed by atoms with van der Waals surface area (Å²) in [6.07, 6.45) is 0. The van der Waals surface area contributed by atoms with E-state index in [0.29, 0.717) is 0 Å². The zero-order valence-corrected chi connectivity index (χ0v) is 15.4. The van der Waals surface area contributed by atoms with Crippen molar-refractivity contribution in [2.45, 2.75) is 4.90 Å². The van der Waals surface area contributed by atoms with Crippen LogP contribution in [0, 0.1) is 10.1 Å². The molecule has 0 unspecified atom stereocenters. The van der Waals surface area contributed by atoms with Crippen LogP contribution in [0.3, 0.4) is 0 Å². The van der Waals surface area contributed by atoms with E-state index in [4.69, 9.17) is 4.74 Å². The normalized spacial score (nSPS) is 11.0. The molecule has 0 saturated heterocycles. The van der Waals surface area contributed by atoms with Crippen LogP contribution in [0.25, 0.3) is 0 Å². The number of sulfonamides is 1. The van der Waals surface area contributed by atoms with Crippen molar-refractivity contribution < 1.29 is 22.9 Å². The minimum absolute atomic E-state index is 0.212. The van der Waals surface area contributed by atoms with Crippen molar-refractivity contribution in [1.82, 2.24) is 5.32 Å². The molecule has 0 aliphatic rings. The van der Waals surface area contributed by atoms with Gasteiger partial charge < -0.3 is 10.1 Å². The van der Waals surface area contributed by atoms with Crippen molar-refractivity contribution in [3.8, 4) is 0 Å². The molecule has 144 valence electrons. The van der Waals surface area contributed by atoms with Crippen LogP contribution in [0.2, 0.25) is 0 Å². The highest BCUT2D eigenvalue weighted by Gasteiger charge is 2.32. The predicted molar refractivity (Wildman–Crippen MR) is 99.0 cm³/mol. The number of carbonyl (C=O) groups excluding carboxylic acids is 1. The minimum Gasteiger partial charge on any atom is -0.383 e. The third-order valence-corrected chi connectivity index (χ3v) is 5.41. The van der Waals surface area contributed by atoms with Gasteiger partial charge in [-0.1, -0.05) is 30.3 Å². The summed E-state index contributed by atoms with van der Waals surface area (Å²) in [6.45, 7) is -0.0421. The molecule has 9 nitrogen and oxygen atoms in total. The number of carbonyl (C=O) groups is 1. The molecule has 0 aliphatic carbocycles. The molecule has 0 bridgehead atoms. The van der Waals surface area contributed by atoms with E-state index >= 15 is 0 Å². The Balaban J connectivity index is 2.44. The second kappa shape index (κ2) is 9.10. The van der Waals surface area contributed by atoms with Gasteiger partial charge in [0.15, 0.2) is 4.90 Å². The topological polar surface area (TPSA) is 119 Å². The maximum atomic E-state index is 13.1. The molecule has 0 heterocycles. The van der Waals surface area contributed by atoms with E-state index in [1.54, 1.807) is 18.2 Å². The van der Waals surface area contributed by atoms with Gasteiger partial charge in [-0.2, -0.15) is 0 Å². The Morgan fingerprint density at radius 3 is 2.41 bits per heavy atom. The van der Waals surface area contributed by atoms with Crippen LogP contribution < -0.4 is 9.62 Å². The monoisotopic (exact) mass is 393 g/mol. The van der Waals surface area contributed by atoms with Gasteiger partial charge in [0.25, 0.3) is 15.7 Å². The molecule has 1 amide bonds. The zero-order valence-electron chi connectivity index (χ0n) is 14.6. The van der Waals surface area contributed by atoms with Gasteiger partial charge >= 0.3 is 0 Å². The Kier molecular flexibility index (Phi) is 6.85. The number of ether oxygens (including phenoxy) is 1. The summed E-state index contributed by atoms with van der Waals surface area (Å²) in [4.78, 5) is 22.2. The third kappa shape index (κ3) is 5.02. The standard InChI is InChI=1S/C17H19N3O6S/c1-26-12-11-18-17(21)13-19(14-7-3-2-4-8-14)27(24,25)16-10-6-5-9-15(16)20(22)23/h2-10H,11-13H2,1H3,(H,18,21). The first-order chi connectivity index (χ1) is 12.9. The molecule has 2 rings (SSSR count). The van der Waals surface area contributed by atoms with Gasteiger partial charge in [0.1, 0.15) is 6.54 Å². The lowest BCUT2D eigenvalue weighted by Crippen LogP contribution is -2.41. The van der Waals surface area contributed by atoms with Crippen LogP contribution in [0.4, 0.5) is 11.4 Å². The van der Waals surface area contributed by atoms with Crippen LogP contribution in [-0.4, -0.2) is 46.1 Å². The highest BCUT2D eigenvalue weighted by Crippen LogP contribution is 2.29. The minimum atomic E-state index is -4.36. The smallest absolute Gasteiger partial charge is 0.289 e. The Hall–Kier alpha value is -2.98. The number of benzene rings is 2. The molecule has 1 N–H and O–H groups in total. The van der Waals surface area contributed by atoms with E-state index in [9.17, 15) is 23.3 Å². The van der Waals surface area contributed by atoms with E-state index in [2.05, 4.69) is 5.32 Å². The number of nitro benzene ring substituents is 1. The van der Waals surface area contributed by atoms with Gasteiger partial charge in [-0.05, 0) is 18.2 Å². The number of nitrogens with one attached hydrogen (secondary N) is 1. The van der Waals surface area contributed by atoms with Crippen LogP contribution in [0.15, 0.2) is 59.5 Å². The molecule has 0 saturated carbocycles. The molecular formula is C17H19N3O6S. The second-order valence-corrected chi connectivity index (χ2v) is 7.25. The van der Waals surface area contributed by atoms with Crippen molar-refractivity contribution >= 4 is 27.3 Å². The average molecular weight is 393 g/mol. The molecule has 27 heavy (non-hydrogen) atoms. The number of amides is 1. The van der Waals surface area contributed by atoms with E-state index in [0.717, 1.165) is 16.4 Å². The van der Waals surface area contributed by atoms with Gasteiger partial charge in [-0.3, -0.25) is 19.2 Å². The lowest BCUT2D eigenvalue weighted by atomic mass is 10.3. The maximum absolute atomic E-state index is 13.1. The van der Waals surface area contributed by atoms with E-state index in [1.165, 1.54) is 31.4 Å². The number of rotatable bonds is 9. The fourth-order valence-electron chi connectivity index (χ4n) is 2.33. The molecule has 0 radical (unpaired) electrons. The number of anilines is 1. The Labute approximate surface area is 156 Å². The first kappa shape index (κ1) is 20.3. The largest absolute Gasteiger partial charge is 0.383 e. The summed E-state index contributed by atoms with van der Waals surface area (Å²) in [7, 11) is -2.88. The molecule has 0 fully saturated rings. The highest BCUT2D eigenvalue weighted by atomic mass is 32.2. The van der Waals surface area contributed by atoms with Gasteiger partial charge in [0.05, 0.1) is 17.2 Å². The van der Waals surface area contributed by atoms with Gasteiger partial charge in [0.2, 0.25) is 5.91 Å². The number of hydrogen-bond donors (Lipinski definition) is 1. The Morgan fingerprint density at radius 1 is 1.15 bits per heavy atom. The maximum Gasteiger partial charge on any atom is 0.289 e. The summed E-state index contributed by atoms with van der Waals surface area (Å²) < 4.78 is 32.0. The van der Waals surface area contributed by atoms with Crippen LogP contribution >= 0.6 is 0 Å². The molecule has 0 aromatic heterocycles. The van der Waals surface area contributed by atoms with E-state index < -0.39 is 38.0 Å². The Bertz CT molecular complexity index is 902. The van der Waals surface area contributed by atoms with Gasteiger partial charge in [-0.25, -0.2) is 8.42 Å².